The summed E-state index contributed by atoms with van der Waals surface area (Å²) in [7, 11) is 0. The van der Waals surface area contributed by atoms with Gasteiger partial charge in [-0.15, -0.1) is 0 Å². The summed E-state index contributed by atoms with van der Waals surface area (Å²) in [5, 5.41) is 0. The van der Waals surface area contributed by atoms with Gasteiger partial charge in [-0.2, -0.15) is 0 Å². The summed E-state index contributed by atoms with van der Waals surface area (Å²) in [5.74, 6) is 6.62. The number of aliphatic imine (C=N–C) groups is 1. The maximum Gasteiger partial charge on any atom is 0.116 e. The molecule has 0 aromatic heterocycles. The first-order chi connectivity index (χ1) is 5.88. The number of nitrogens with one attached hydrogen (secondary N) is 1. The zero-order valence-electron chi connectivity index (χ0n) is 7.55. The van der Waals surface area contributed by atoms with Crippen LogP contribution in [0.4, 0.5) is 0 Å². The predicted octanol–water partition coefficient (Wildman–Crippen LogP) is 0.295. The molecule has 70 valence electrons. The molecule has 0 radical (unpaired) electrons. The Morgan fingerprint density at radius 2 is 2.58 bits per heavy atom. The van der Waals surface area contributed by atoms with E-state index in [1.807, 2.05) is 6.92 Å². The first-order valence-corrected chi connectivity index (χ1v) is 4.47. The number of hydrazine groups is 1. The molecule has 1 saturated heterocycles. The highest BCUT2D eigenvalue weighted by Gasteiger charge is 2.18. The van der Waals surface area contributed by atoms with E-state index in [0.29, 0.717) is 5.92 Å². The van der Waals surface area contributed by atoms with E-state index in [1.54, 1.807) is 0 Å². The fourth-order valence-corrected chi connectivity index (χ4v) is 1.42. The lowest BCUT2D eigenvalue weighted by molar-refractivity contribution is 0.0758. The molecule has 1 unspecified atom stereocenters. The Labute approximate surface area is 73.2 Å². The number of rotatable bonds is 2. The summed E-state index contributed by atoms with van der Waals surface area (Å²) in [4.78, 5) is 4.27. The maximum absolute atomic E-state index is 5.35. The van der Waals surface area contributed by atoms with E-state index in [9.17, 15) is 0 Å². The maximum atomic E-state index is 5.35. The van der Waals surface area contributed by atoms with Crippen molar-refractivity contribution in [2.75, 3.05) is 19.8 Å². The number of nitrogens with zero attached hydrogens (tertiary/aromatic N) is 1. The van der Waals surface area contributed by atoms with E-state index in [1.165, 1.54) is 0 Å². The molecule has 12 heavy (non-hydrogen) atoms. The van der Waals surface area contributed by atoms with Crippen LogP contribution in [0.1, 0.15) is 19.8 Å². The summed E-state index contributed by atoms with van der Waals surface area (Å²) in [6, 6.07) is 0. The van der Waals surface area contributed by atoms with Gasteiger partial charge in [-0.25, -0.2) is 5.84 Å². The average Bonchev–Trinajstić information content (AvgIpc) is 2.15. The molecule has 0 bridgehead atoms. The lowest BCUT2D eigenvalue weighted by Gasteiger charge is -2.23. The number of hydrogen-bond acceptors (Lipinski definition) is 3. The van der Waals surface area contributed by atoms with E-state index in [2.05, 4.69) is 10.4 Å². The summed E-state index contributed by atoms with van der Waals surface area (Å²) in [6.45, 7) is 4.40. The first kappa shape index (κ1) is 9.48. The fraction of sp³-hybridized carbons (Fsp3) is 0.875. The molecule has 1 aliphatic heterocycles. The van der Waals surface area contributed by atoms with Gasteiger partial charge in [-0.1, -0.05) is 0 Å². The molecule has 1 atom stereocenters. The summed E-state index contributed by atoms with van der Waals surface area (Å²) < 4.78 is 5.33. The van der Waals surface area contributed by atoms with E-state index < -0.39 is 0 Å². The minimum absolute atomic E-state index is 0.378. The van der Waals surface area contributed by atoms with Gasteiger partial charge in [0.1, 0.15) is 5.84 Å². The molecule has 1 fully saturated rings. The zero-order chi connectivity index (χ0) is 8.81. The second kappa shape index (κ2) is 5.11. The molecule has 0 aliphatic carbocycles. The lowest BCUT2D eigenvalue weighted by Crippen LogP contribution is -2.39. The predicted molar refractivity (Wildman–Crippen MR) is 48.8 cm³/mol. The molecule has 0 saturated carbocycles. The molecule has 1 heterocycles. The molecule has 1 rings (SSSR count). The number of hydrogen-bond donors (Lipinski definition) is 2. The number of ether oxygens (including phenoxy) is 1. The summed E-state index contributed by atoms with van der Waals surface area (Å²) in [6.07, 6.45) is 2.23. The van der Waals surface area contributed by atoms with Crippen molar-refractivity contribution in [3.8, 4) is 0 Å². The third-order valence-corrected chi connectivity index (χ3v) is 2.02. The van der Waals surface area contributed by atoms with Gasteiger partial charge in [-0.05, 0) is 19.8 Å². The molecule has 0 aromatic rings. The molecule has 4 heteroatoms. The van der Waals surface area contributed by atoms with Crippen molar-refractivity contribution in [1.82, 2.24) is 5.43 Å². The van der Waals surface area contributed by atoms with Crippen molar-refractivity contribution in [1.29, 1.82) is 0 Å². The second-order valence-electron chi connectivity index (χ2n) is 2.92. The highest BCUT2D eigenvalue weighted by Crippen LogP contribution is 2.13. The highest BCUT2D eigenvalue weighted by molar-refractivity contribution is 5.84. The molecule has 4 nitrogen and oxygen atoms in total. The van der Waals surface area contributed by atoms with E-state index >= 15 is 0 Å². The summed E-state index contributed by atoms with van der Waals surface area (Å²) in [5.41, 5.74) is 2.64. The monoisotopic (exact) mass is 171 g/mol. The van der Waals surface area contributed by atoms with Crippen LogP contribution < -0.4 is 11.3 Å². The second-order valence-corrected chi connectivity index (χ2v) is 2.92. The van der Waals surface area contributed by atoms with Crippen LogP contribution in [0, 0.1) is 5.92 Å². The first-order valence-electron chi connectivity index (χ1n) is 4.47. The molecule has 0 spiro atoms. The smallest absolute Gasteiger partial charge is 0.116 e. The Bertz CT molecular complexity index is 152. The van der Waals surface area contributed by atoms with Gasteiger partial charge in [0.05, 0.1) is 6.61 Å². The largest absolute Gasteiger partial charge is 0.381 e. The van der Waals surface area contributed by atoms with Crippen molar-refractivity contribution >= 4 is 5.84 Å². The van der Waals surface area contributed by atoms with Crippen molar-refractivity contribution in [2.24, 2.45) is 16.8 Å². The molecular formula is C8H17N3O. The normalized spacial score (nSPS) is 25.5. The fourth-order valence-electron chi connectivity index (χ4n) is 1.42. The third-order valence-electron chi connectivity index (χ3n) is 2.02. The Balaban J connectivity index is 2.46. The quantitative estimate of drug-likeness (QED) is 0.272. The van der Waals surface area contributed by atoms with Crippen molar-refractivity contribution in [3.63, 3.8) is 0 Å². The SMILES string of the molecule is CCN=C(NN)C1CCCOC1. The van der Waals surface area contributed by atoms with Gasteiger partial charge in [0.25, 0.3) is 0 Å². The standard InChI is InChI=1S/C8H17N3O/c1-2-10-8(11-9)7-4-3-5-12-6-7/h7H,2-6,9H2,1H3,(H,10,11). The van der Waals surface area contributed by atoms with E-state index in [4.69, 9.17) is 10.6 Å². The summed E-state index contributed by atoms with van der Waals surface area (Å²) >= 11 is 0. The van der Waals surface area contributed by atoms with Crippen molar-refractivity contribution in [2.45, 2.75) is 19.8 Å². The average molecular weight is 171 g/mol. The number of nitrogens with two attached hydrogens (primary N) is 1. The molecule has 0 aromatic carbocycles. The minimum Gasteiger partial charge on any atom is -0.381 e. The number of amidine groups is 1. The topological polar surface area (TPSA) is 59.6 Å². The van der Waals surface area contributed by atoms with Gasteiger partial charge in [0.15, 0.2) is 0 Å². The molecule has 0 amide bonds. The minimum atomic E-state index is 0.378. The van der Waals surface area contributed by atoms with Crippen LogP contribution in [0.5, 0.6) is 0 Å². The van der Waals surface area contributed by atoms with Crippen LogP contribution in [0.25, 0.3) is 0 Å². The van der Waals surface area contributed by atoms with Crippen LogP contribution in [-0.4, -0.2) is 25.6 Å². The van der Waals surface area contributed by atoms with Gasteiger partial charge >= 0.3 is 0 Å². The van der Waals surface area contributed by atoms with Gasteiger partial charge in [0.2, 0.25) is 0 Å². The van der Waals surface area contributed by atoms with E-state index in [0.717, 1.165) is 38.4 Å². The van der Waals surface area contributed by atoms with E-state index in [-0.39, 0.29) is 0 Å². The van der Waals surface area contributed by atoms with Gasteiger partial charge in [0, 0.05) is 19.1 Å². The Morgan fingerprint density at radius 1 is 1.75 bits per heavy atom. The van der Waals surface area contributed by atoms with Crippen molar-refractivity contribution < 1.29 is 4.74 Å². The lowest BCUT2D eigenvalue weighted by atomic mass is 10.0. The Hall–Kier alpha value is -0.610. The highest BCUT2D eigenvalue weighted by atomic mass is 16.5. The van der Waals surface area contributed by atoms with Crippen LogP contribution >= 0.6 is 0 Å². The third kappa shape index (κ3) is 2.46. The Morgan fingerprint density at radius 3 is 3.08 bits per heavy atom. The molecule has 1 aliphatic rings. The van der Waals surface area contributed by atoms with Crippen LogP contribution in [-0.2, 0) is 4.74 Å². The van der Waals surface area contributed by atoms with Crippen LogP contribution in [0.2, 0.25) is 0 Å². The van der Waals surface area contributed by atoms with Gasteiger partial charge < -0.3 is 10.2 Å². The van der Waals surface area contributed by atoms with Gasteiger partial charge in [-0.3, -0.25) is 4.99 Å². The van der Waals surface area contributed by atoms with Crippen LogP contribution in [0.15, 0.2) is 4.99 Å². The molecular weight excluding hydrogens is 154 g/mol. The van der Waals surface area contributed by atoms with Crippen molar-refractivity contribution in [3.05, 3.63) is 0 Å². The molecule has 3 N–H and O–H groups in total. The zero-order valence-corrected chi connectivity index (χ0v) is 7.55. The van der Waals surface area contributed by atoms with Crippen LogP contribution in [0.3, 0.4) is 0 Å². The Kier molecular flexibility index (Phi) is 4.04.